The molecular formula is C14H15ClN4O. The molecule has 3 rings (SSSR count). The van der Waals surface area contributed by atoms with Crippen LogP contribution in [0.1, 0.15) is 0 Å². The summed E-state index contributed by atoms with van der Waals surface area (Å²) in [6.07, 6.45) is 1.62. The molecule has 1 aliphatic rings. The molecule has 1 N–H and O–H groups in total. The molecule has 0 bridgehead atoms. The van der Waals surface area contributed by atoms with Crippen molar-refractivity contribution in [2.45, 2.75) is 0 Å². The second-order valence-electron chi connectivity index (χ2n) is 4.48. The maximum atomic E-state index is 5.76. The molecule has 2 heterocycles. The van der Waals surface area contributed by atoms with E-state index in [1.54, 1.807) is 12.3 Å². The molecule has 0 atom stereocenters. The number of hydrogen-bond acceptors (Lipinski definition) is 5. The molecule has 0 saturated carbocycles. The first-order valence-corrected chi connectivity index (χ1v) is 6.87. The van der Waals surface area contributed by atoms with Gasteiger partial charge in [0.25, 0.3) is 0 Å². The van der Waals surface area contributed by atoms with Crippen LogP contribution in [0.25, 0.3) is 0 Å². The lowest BCUT2D eigenvalue weighted by Crippen LogP contribution is -2.36. The lowest BCUT2D eigenvalue weighted by atomic mass is 10.2. The smallest absolute Gasteiger partial charge is 0.224 e. The molecule has 0 radical (unpaired) electrons. The van der Waals surface area contributed by atoms with Crippen molar-refractivity contribution in [3.63, 3.8) is 0 Å². The highest BCUT2D eigenvalue weighted by Crippen LogP contribution is 2.21. The van der Waals surface area contributed by atoms with E-state index < -0.39 is 0 Å². The Balaban J connectivity index is 1.69. The summed E-state index contributed by atoms with van der Waals surface area (Å²) in [5.74, 6) is 0.684. The Bertz CT molecular complexity index is 570. The minimum absolute atomic E-state index is 0.236. The van der Waals surface area contributed by atoms with Crippen LogP contribution in [0, 0.1) is 0 Å². The van der Waals surface area contributed by atoms with Crippen LogP contribution in [0.2, 0.25) is 5.28 Å². The number of hydrogen-bond donors (Lipinski definition) is 1. The Kier molecular flexibility index (Phi) is 3.99. The van der Waals surface area contributed by atoms with E-state index in [-0.39, 0.29) is 5.28 Å². The average Bonchev–Trinajstić information content (AvgIpc) is 2.49. The molecule has 104 valence electrons. The number of anilines is 3. The number of morpholine rings is 1. The first-order valence-electron chi connectivity index (χ1n) is 6.49. The van der Waals surface area contributed by atoms with Crippen molar-refractivity contribution < 1.29 is 4.74 Å². The average molecular weight is 291 g/mol. The molecule has 2 aromatic rings. The van der Waals surface area contributed by atoms with Crippen molar-refractivity contribution in [3.8, 4) is 0 Å². The molecule has 1 fully saturated rings. The second kappa shape index (κ2) is 6.07. The Morgan fingerprint density at radius 2 is 1.85 bits per heavy atom. The molecular weight excluding hydrogens is 276 g/mol. The van der Waals surface area contributed by atoms with Crippen molar-refractivity contribution in [3.05, 3.63) is 41.8 Å². The fourth-order valence-electron chi connectivity index (χ4n) is 2.13. The number of nitrogens with one attached hydrogen (secondary N) is 1. The largest absolute Gasteiger partial charge is 0.378 e. The number of benzene rings is 1. The third-order valence-electron chi connectivity index (χ3n) is 3.14. The van der Waals surface area contributed by atoms with E-state index in [4.69, 9.17) is 16.3 Å². The molecule has 0 unspecified atom stereocenters. The van der Waals surface area contributed by atoms with Gasteiger partial charge in [-0.05, 0) is 41.9 Å². The summed E-state index contributed by atoms with van der Waals surface area (Å²) in [7, 11) is 0. The van der Waals surface area contributed by atoms with Gasteiger partial charge in [0.1, 0.15) is 5.82 Å². The van der Waals surface area contributed by atoms with Gasteiger partial charge < -0.3 is 15.0 Å². The summed E-state index contributed by atoms with van der Waals surface area (Å²) >= 11 is 5.76. The van der Waals surface area contributed by atoms with E-state index in [0.717, 1.165) is 32.0 Å². The Hall–Kier alpha value is -1.85. The number of halogens is 1. The van der Waals surface area contributed by atoms with Crippen LogP contribution in [0.4, 0.5) is 17.2 Å². The third kappa shape index (κ3) is 3.18. The molecule has 0 amide bonds. The van der Waals surface area contributed by atoms with E-state index in [0.29, 0.717) is 5.82 Å². The van der Waals surface area contributed by atoms with Gasteiger partial charge in [0.15, 0.2) is 0 Å². The second-order valence-corrected chi connectivity index (χ2v) is 4.82. The van der Waals surface area contributed by atoms with Gasteiger partial charge in [0.05, 0.1) is 13.2 Å². The summed E-state index contributed by atoms with van der Waals surface area (Å²) in [5, 5.41) is 3.43. The van der Waals surface area contributed by atoms with Crippen LogP contribution in [-0.2, 0) is 4.74 Å². The number of rotatable bonds is 3. The zero-order valence-electron chi connectivity index (χ0n) is 10.9. The van der Waals surface area contributed by atoms with Gasteiger partial charge in [0.2, 0.25) is 5.28 Å². The lowest BCUT2D eigenvalue weighted by Gasteiger charge is -2.28. The van der Waals surface area contributed by atoms with E-state index in [2.05, 4.69) is 32.3 Å². The number of nitrogens with zero attached hydrogens (tertiary/aromatic N) is 3. The van der Waals surface area contributed by atoms with Crippen LogP contribution >= 0.6 is 11.6 Å². The van der Waals surface area contributed by atoms with Crippen molar-refractivity contribution in [2.24, 2.45) is 0 Å². The SMILES string of the molecule is Clc1nccc(Nc2ccc(N3CCOCC3)cc2)n1. The minimum Gasteiger partial charge on any atom is -0.378 e. The highest BCUT2D eigenvalue weighted by molar-refractivity contribution is 6.28. The minimum atomic E-state index is 0.236. The highest BCUT2D eigenvalue weighted by atomic mass is 35.5. The van der Waals surface area contributed by atoms with Gasteiger partial charge in [-0.1, -0.05) is 0 Å². The summed E-state index contributed by atoms with van der Waals surface area (Å²) in [5.41, 5.74) is 2.18. The third-order valence-corrected chi connectivity index (χ3v) is 3.32. The Morgan fingerprint density at radius 1 is 1.10 bits per heavy atom. The van der Waals surface area contributed by atoms with Crippen molar-refractivity contribution >= 4 is 28.8 Å². The zero-order chi connectivity index (χ0) is 13.8. The van der Waals surface area contributed by atoms with Gasteiger partial charge in [-0.15, -0.1) is 0 Å². The maximum absolute atomic E-state index is 5.76. The molecule has 1 aromatic heterocycles. The van der Waals surface area contributed by atoms with Gasteiger partial charge in [-0.25, -0.2) is 9.97 Å². The maximum Gasteiger partial charge on any atom is 0.224 e. The predicted molar refractivity (Wildman–Crippen MR) is 79.8 cm³/mol. The summed E-state index contributed by atoms with van der Waals surface area (Å²) < 4.78 is 5.35. The fraction of sp³-hybridized carbons (Fsp3) is 0.286. The summed E-state index contributed by atoms with van der Waals surface area (Å²) in [4.78, 5) is 10.3. The van der Waals surface area contributed by atoms with E-state index >= 15 is 0 Å². The normalized spacial score (nSPS) is 15.2. The number of aromatic nitrogens is 2. The Morgan fingerprint density at radius 3 is 2.55 bits per heavy atom. The first kappa shape index (κ1) is 13.1. The fourth-order valence-corrected chi connectivity index (χ4v) is 2.28. The standard InChI is InChI=1S/C14H15ClN4O/c15-14-16-6-5-13(18-14)17-11-1-3-12(4-2-11)19-7-9-20-10-8-19/h1-6H,7-10H2,(H,16,17,18). The van der Waals surface area contributed by atoms with Crippen LogP contribution in [0.15, 0.2) is 36.5 Å². The molecule has 6 heteroatoms. The quantitative estimate of drug-likeness (QED) is 0.881. The molecule has 20 heavy (non-hydrogen) atoms. The predicted octanol–water partition coefficient (Wildman–Crippen LogP) is 2.71. The monoisotopic (exact) mass is 290 g/mol. The van der Waals surface area contributed by atoms with E-state index in [9.17, 15) is 0 Å². The zero-order valence-corrected chi connectivity index (χ0v) is 11.7. The summed E-state index contributed by atoms with van der Waals surface area (Å²) in [6.45, 7) is 3.46. The molecule has 5 nitrogen and oxygen atoms in total. The molecule has 1 aliphatic heterocycles. The molecule has 0 spiro atoms. The topological polar surface area (TPSA) is 50.3 Å². The molecule has 0 aliphatic carbocycles. The number of ether oxygens (including phenoxy) is 1. The van der Waals surface area contributed by atoms with E-state index in [1.165, 1.54) is 5.69 Å². The van der Waals surface area contributed by atoms with Crippen LogP contribution < -0.4 is 10.2 Å². The lowest BCUT2D eigenvalue weighted by molar-refractivity contribution is 0.122. The summed E-state index contributed by atoms with van der Waals surface area (Å²) in [6, 6.07) is 10.0. The van der Waals surface area contributed by atoms with Crippen molar-refractivity contribution in [1.82, 2.24) is 9.97 Å². The van der Waals surface area contributed by atoms with Crippen LogP contribution in [0.5, 0.6) is 0 Å². The Labute approximate surface area is 122 Å². The van der Waals surface area contributed by atoms with Crippen molar-refractivity contribution in [2.75, 3.05) is 36.5 Å². The first-order chi connectivity index (χ1) is 9.81. The van der Waals surface area contributed by atoms with Gasteiger partial charge >= 0.3 is 0 Å². The van der Waals surface area contributed by atoms with Crippen LogP contribution in [-0.4, -0.2) is 36.3 Å². The van der Waals surface area contributed by atoms with Crippen molar-refractivity contribution in [1.29, 1.82) is 0 Å². The van der Waals surface area contributed by atoms with Crippen LogP contribution in [0.3, 0.4) is 0 Å². The van der Waals surface area contributed by atoms with Gasteiger partial charge in [-0.3, -0.25) is 0 Å². The molecule has 1 aromatic carbocycles. The van der Waals surface area contributed by atoms with Gasteiger partial charge in [0, 0.05) is 30.7 Å². The van der Waals surface area contributed by atoms with E-state index in [1.807, 2.05) is 12.1 Å². The molecule has 1 saturated heterocycles. The van der Waals surface area contributed by atoms with Gasteiger partial charge in [-0.2, -0.15) is 0 Å². The highest BCUT2D eigenvalue weighted by Gasteiger charge is 2.10.